The Kier molecular flexibility index (Phi) is 2.63. The fourth-order valence-electron chi connectivity index (χ4n) is 1.58. The summed E-state index contributed by atoms with van der Waals surface area (Å²) in [4.78, 5) is 0. The third-order valence-corrected chi connectivity index (χ3v) is 2.24. The maximum atomic E-state index is 12.9. The zero-order chi connectivity index (χ0) is 9.97. The van der Waals surface area contributed by atoms with Crippen LogP contribution in [0.5, 0.6) is 5.75 Å². The molecule has 4 heteroatoms. The first-order chi connectivity index (χ1) is 6.81. The summed E-state index contributed by atoms with van der Waals surface area (Å²) in [5.74, 6) is 0.393. The first-order valence-electron chi connectivity index (χ1n) is 4.53. The second kappa shape index (κ2) is 3.92. The molecule has 2 rings (SSSR count). The summed E-state index contributed by atoms with van der Waals surface area (Å²) in [7, 11) is 0. The number of fused-ring (bicyclic) bond motifs is 1. The number of alkyl halides is 1. The van der Waals surface area contributed by atoms with Crippen LogP contribution >= 0.6 is 0 Å². The Labute approximate surface area is 80.9 Å². The van der Waals surface area contributed by atoms with Crippen molar-refractivity contribution in [2.75, 3.05) is 19.8 Å². The number of hydrogen-bond donors (Lipinski definition) is 1. The van der Waals surface area contributed by atoms with Crippen LogP contribution in [0, 0.1) is 5.82 Å². The third kappa shape index (κ3) is 1.70. The van der Waals surface area contributed by atoms with E-state index in [1.807, 2.05) is 0 Å². The highest BCUT2D eigenvalue weighted by Gasteiger charge is 2.23. The van der Waals surface area contributed by atoms with Crippen LogP contribution in [-0.2, 0) is 0 Å². The predicted octanol–water partition coefficient (Wildman–Crippen LogP) is 1.82. The molecule has 0 fully saturated rings. The van der Waals surface area contributed by atoms with Gasteiger partial charge in [-0.3, -0.25) is 0 Å². The lowest BCUT2D eigenvalue weighted by molar-refractivity contribution is 0.306. The van der Waals surface area contributed by atoms with Gasteiger partial charge in [0.15, 0.2) is 0 Å². The lowest BCUT2D eigenvalue weighted by Crippen LogP contribution is -2.24. The van der Waals surface area contributed by atoms with Gasteiger partial charge in [-0.25, -0.2) is 8.78 Å². The maximum absolute atomic E-state index is 12.9. The summed E-state index contributed by atoms with van der Waals surface area (Å²) in [5, 5.41) is 2.95. The Morgan fingerprint density at radius 1 is 1.50 bits per heavy atom. The van der Waals surface area contributed by atoms with Crippen LogP contribution < -0.4 is 10.1 Å². The Morgan fingerprint density at radius 2 is 2.36 bits per heavy atom. The van der Waals surface area contributed by atoms with Gasteiger partial charge in [0.05, 0.1) is 6.04 Å². The van der Waals surface area contributed by atoms with E-state index in [2.05, 4.69) is 5.32 Å². The maximum Gasteiger partial charge on any atom is 0.124 e. The number of halogens is 2. The van der Waals surface area contributed by atoms with E-state index in [-0.39, 0.29) is 18.4 Å². The second-order valence-corrected chi connectivity index (χ2v) is 3.19. The molecule has 0 amide bonds. The van der Waals surface area contributed by atoms with E-state index in [9.17, 15) is 8.78 Å². The molecule has 1 unspecified atom stereocenters. The van der Waals surface area contributed by atoms with Crippen molar-refractivity contribution in [2.45, 2.75) is 6.04 Å². The molecule has 1 aromatic carbocycles. The van der Waals surface area contributed by atoms with Crippen LogP contribution in [0.1, 0.15) is 11.6 Å². The van der Waals surface area contributed by atoms with Crippen molar-refractivity contribution in [1.82, 2.24) is 5.32 Å². The van der Waals surface area contributed by atoms with Crippen LogP contribution in [-0.4, -0.2) is 19.8 Å². The molecule has 76 valence electrons. The van der Waals surface area contributed by atoms with Gasteiger partial charge in [-0.05, 0) is 18.2 Å². The molecule has 1 heterocycles. The molecule has 14 heavy (non-hydrogen) atoms. The topological polar surface area (TPSA) is 21.3 Å². The molecular weight excluding hydrogens is 188 g/mol. The predicted molar refractivity (Wildman–Crippen MR) is 48.6 cm³/mol. The smallest absolute Gasteiger partial charge is 0.124 e. The van der Waals surface area contributed by atoms with Gasteiger partial charge < -0.3 is 10.1 Å². The van der Waals surface area contributed by atoms with Crippen LogP contribution in [0.15, 0.2) is 18.2 Å². The number of hydrogen-bond acceptors (Lipinski definition) is 2. The van der Waals surface area contributed by atoms with E-state index in [0.29, 0.717) is 12.4 Å². The number of benzene rings is 1. The molecule has 1 aliphatic heterocycles. The van der Waals surface area contributed by atoms with Gasteiger partial charge in [-0.1, -0.05) is 0 Å². The average Bonchev–Trinajstić information content (AvgIpc) is 2.57. The summed E-state index contributed by atoms with van der Waals surface area (Å²) in [6, 6.07) is 4.30. The Bertz CT molecular complexity index is 330. The first-order valence-corrected chi connectivity index (χ1v) is 4.53. The molecule has 0 bridgehead atoms. The van der Waals surface area contributed by atoms with Gasteiger partial charge in [0, 0.05) is 12.1 Å². The Hall–Kier alpha value is -1.16. The number of ether oxygens (including phenoxy) is 1. The molecule has 0 aliphatic carbocycles. The van der Waals surface area contributed by atoms with Crippen molar-refractivity contribution in [2.24, 2.45) is 0 Å². The molecule has 1 N–H and O–H groups in total. The minimum absolute atomic E-state index is 0.0866. The third-order valence-electron chi connectivity index (χ3n) is 2.24. The molecular formula is C10H11F2NO. The van der Waals surface area contributed by atoms with E-state index in [1.165, 1.54) is 12.1 Å². The lowest BCUT2D eigenvalue weighted by atomic mass is 10.1. The first kappa shape index (κ1) is 9.40. The van der Waals surface area contributed by atoms with Crippen LogP contribution in [0.25, 0.3) is 0 Å². The van der Waals surface area contributed by atoms with Crippen LogP contribution in [0.2, 0.25) is 0 Å². The molecule has 1 atom stereocenters. The largest absolute Gasteiger partial charge is 0.491 e. The van der Waals surface area contributed by atoms with E-state index in [1.54, 1.807) is 6.07 Å². The van der Waals surface area contributed by atoms with Crippen molar-refractivity contribution in [1.29, 1.82) is 0 Å². The Morgan fingerprint density at radius 3 is 3.14 bits per heavy atom. The van der Waals surface area contributed by atoms with Crippen molar-refractivity contribution in [3.63, 3.8) is 0 Å². The number of nitrogens with one attached hydrogen (secondary N) is 1. The summed E-state index contributed by atoms with van der Waals surface area (Å²) in [6.45, 7) is 0.282. The highest BCUT2D eigenvalue weighted by Crippen LogP contribution is 2.32. The quantitative estimate of drug-likeness (QED) is 0.801. The highest BCUT2D eigenvalue weighted by atomic mass is 19.1. The summed E-state index contributed by atoms with van der Waals surface area (Å²) in [5.41, 5.74) is 0.776. The van der Waals surface area contributed by atoms with E-state index >= 15 is 0 Å². The van der Waals surface area contributed by atoms with E-state index in [4.69, 9.17) is 4.74 Å². The minimum Gasteiger partial charge on any atom is -0.491 e. The van der Waals surface area contributed by atoms with Gasteiger partial charge in [0.2, 0.25) is 0 Å². The molecule has 1 aliphatic rings. The fourth-order valence-corrected chi connectivity index (χ4v) is 1.58. The van der Waals surface area contributed by atoms with E-state index in [0.717, 1.165) is 5.56 Å². The van der Waals surface area contributed by atoms with Gasteiger partial charge in [-0.2, -0.15) is 0 Å². The fraction of sp³-hybridized carbons (Fsp3) is 0.400. The Balaban J connectivity index is 2.16. The standard InChI is InChI=1S/C10H11F2NO/c11-3-4-13-9-6-14-10-2-1-7(12)5-8(9)10/h1-2,5,9,13H,3-4,6H2. The second-order valence-electron chi connectivity index (χ2n) is 3.19. The minimum atomic E-state index is -0.429. The summed E-state index contributed by atoms with van der Waals surface area (Å²) >= 11 is 0. The van der Waals surface area contributed by atoms with Gasteiger partial charge >= 0.3 is 0 Å². The lowest BCUT2D eigenvalue weighted by Gasteiger charge is -2.09. The molecule has 1 aromatic rings. The van der Waals surface area contributed by atoms with Crippen molar-refractivity contribution in [3.8, 4) is 5.75 Å². The summed E-state index contributed by atoms with van der Waals surface area (Å²) in [6.07, 6.45) is 0. The van der Waals surface area contributed by atoms with Gasteiger partial charge in [-0.15, -0.1) is 0 Å². The SMILES string of the molecule is FCCNC1COc2ccc(F)cc21. The molecule has 2 nitrogen and oxygen atoms in total. The zero-order valence-electron chi connectivity index (χ0n) is 7.59. The van der Waals surface area contributed by atoms with Crippen molar-refractivity contribution < 1.29 is 13.5 Å². The van der Waals surface area contributed by atoms with Crippen LogP contribution in [0.3, 0.4) is 0 Å². The molecule has 0 radical (unpaired) electrons. The van der Waals surface area contributed by atoms with Crippen molar-refractivity contribution >= 4 is 0 Å². The normalized spacial score (nSPS) is 19.1. The monoisotopic (exact) mass is 199 g/mol. The average molecular weight is 199 g/mol. The van der Waals surface area contributed by atoms with Crippen molar-refractivity contribution in [3.05, 3.63) is 29.6 Å². The van der Waals surface area contributed by atoms with Gasteiger partial charge in [0.1, 0.15) is 24.8 Å². The molecule has 0 spiro atoms. The zero-order valence-corrected chi connectivity index (χ0v) is 7.59. The highest BCUT2D eigenvalue weighted by molar-refractivity contribution is 5.39. The van der Waals surface area contributed by atoms with E-state index < -0.39 is 6.67 Å². The van der Waals surface area contributed by atoms with Crippen LogP contribution in [0.4, 0.5) is 8.78 Å². The number of rotatable bonds is 3. The van der Waals surface area contributed by atoms with Gasteiger partial charge in [0.25, 0.3) is 0 Å². The molecule has 0 aromatic heterocycles. The molecule has 0 saturated carbocycles. The molecule has 0 saturated heterocycles. The summed E-state index contributed by atoms with van der Waals surface area (Å²) < 4.78 is 30.1.